The minimum Gasteiger partial charge on any atom is -0.297 e. The Labute approximate surface area is 47.9 Å². The van der Waals surface area contributed by atoms with Gasteiger partial charge in [-0.2, -0.15) is 25.3 Å². The molecule has 0 aliphatic heterocycles. The Morgan fingerprint density at radius 3 is 2.33 bits per heavy atom. The molecule has 0 saturated heterocycles. The van der Waals surface area contributed by atoms with E-state index in [2.05, 4.69) is 25.3 Å². The van der Waals surface area contributed by atoms with Crippen LogP contribution in [-0.2, 0) is 4.79 Å². The minimum absolute atomic E-state index is 0.0540. The average molecular weight is 121 g/mol. The zero-order valence-electron chi connectivity index (χ0n) is 3.09. The van der Waals surface area contributed by atoms with Gasteiger partial charge in [-0.3, -0.25) is 4.79 Å². The number of hydrogen-bond acceptors (Lipinski definition) is 3. The summed E-state index contributed by atoms with van der Waals surface area (Å²) in [6.45, 7) is 0. The Balaban J connectivity index is 2.99. The molecule has 3 heteroatoms. The third-order valence-corrected chi connectivity index (χ3v) is 0.899. The van der Waals surface area contributed by atoms with E-state index >= 15 is 0 Å². The van der Waals surface area contributed by atoms with Crippen LogP contribution in [0, 0.1) is 5.75 Å². The lowest BCUT2D eigenvalue weighted by Crippen LogP contribution is -1.93. The van der Waals surface area contributed by atoms with Crippen LogP contribution in [0.25, 0.3) is 0 Å². The molecule has 0 aromatic rings. The molecule has 0 N–H and O–H groups in total. The summed E-state index contributed by atoms with van der Waals surface area (Å²) in [5.41, 5.74) is 0. The second kappa shape index (κ2) is 3.56. The topological polar surface area (TPSA) is 17.1 Å². The van der Waals surface area contributed by atoms with E-state index in [1.165, 1.54) is 5.75 Å². The molecular weight excluding hydrogens is 116 g/mol. The van der Waals surface area contributed by atoms with Gasteiger partial charge >= 0.3 is 0 Å². The molecule has 0 spiro atoms. The fraction of sp³-hybridized carbons (Fsp3) is 0.333. The Kier molecular flexibility index (Phi) is 3.78. The highest BCUT2D eigenvalue weighted by molar-refractivity contribution is 7.84. The number of thiol groups is 2. The maximum Gasteiger partial charge on any atom is 0.156 e. The molecule has 0 saturated carbocycles. The zero-order valence-corrected chi connectivity index (χ0v) is 4.88. The van der Waals surface area contributed by atoms with Crippen LogP contribution in [0.2, 0.25) is 0 Å². The Hall–Kier alpha value is 0.370. The summed E-state index contributed by atoms with van der Waals surface area (Å²) in [7, 11) is 0. The number of carbonyl (C=O) groups is 1. The monoisotopic (exact) mass is 121 g/mol. The highest BCUT2D eigenvalue weighted by Crippen LogP contribution is 1.85. The van der Waals surface area contributed by atoms with Crippen molar-refractivity contribution in [1.82, 2.24) is 0 Å². The number of carbonyl (C=O) groups excluding carboxylic acids is 1. The fourth-order valence-electron chi connectivity index (χ4n) is 0.0408. The predicted octanol–water partition coefficient (Wildman–Crippen LogP) is 0.577. The van der Waals surface area contributed by atoms with Crippen LogP contribution >= 0.6 is 25.3 Å². The van der Waals surface area contributed by atoms with E-state index in [1.807, 2.05) is 0 Å². The molecule has 0 heterocycles. The maximum absolute atomic E-state index is 9.97. The molecule has 6 heavy (non-hydrogen) atoms. The normalized spacial score (nSPS) is 8.33. The summed E-state index contributed by atoms with van der Waals surface area (Å²) < 4.78 is 0. The van der Waals surface area contributed by atoms with E-state index in [0.717, 1.165) is 0 Å². The van der Waals surface area contributed by atoms with Crippen LogP contribution in [0.1, 0.15) is 0 Å². The molecule has 1 nitrogen and oxygen atoms in total. The smallest absolute Gasteiger partial charge is 0.156 e. The van der Waals surface area contributed by atoms with Crippen molar-refractivity contribution < 1.29 is 4.79 Å². The van der Waals surface area contributed by atoms with Gasteiger partial charge in [-0.25, -0.2) is 0 Å². The molecule has 35 valence electrons. The Morgan fingerprint density at radius 2 is 2.33 bits per heavy atom. The van der Waals surface area contributed by atoms with Crippen molar-refractivity contribution in [2.45, 2.75) is 0 Å². The first-order chi connectivity index (χ1) is 2.81. The third-order valence-electron chi connectivity index (χ3n) is 0.300. The summed E-state index contributed by atoms with van der Waals surface area (Å²) in [5.74, 6) is 1.40. The molecule has 0 atom stereocenters. The van der Waals surface area contributed by atoms with E-state index in [9.17, 15) is 4.79 Å². The van der Waals surface area contributed by atoms with Crippen LogP contribution in [0.5, 0.6) is 0 Å². The summed E-state index contributed by atoms with van der Waals surface area (Å²) in [6, 6.07) is 0. The van der Waals surface area contributed by atoms with Crippen molar-refractivity contribution in [3.8, 4) is 0 Å². The lowest BCUT2D eigenvalue weighted by Gasteiger charge is -1.79. The Bertz CT molecular complexity index is 46.8. The van der Waals surface area contributed by atoms with E-state index in [4.69, 9.17) is 0 Å². The van der Waals surface area contributed by atoms with Gasteiger partial charge in [-0.15, -0.1) is 0 Å². The largest absolute Gasteiger partial charge is 0.297 e. The van der Waals surface area contributed by atoms with Crippen molar-refractivity contribution in [3.63, 3.8) is 0 Å². The maximum atomic E-state index is 9.97. The minimum atomic E-state index is -0.0540. The van der Waals surface area contributed by atoms with Crippen LogP contribution in [0.4, 0.5) is 0 Å². The number of rotatable bonds is 2. The predicted molar refractivity (Wildman–Crippen MR) is 32.1 cm³/mol. The number of Topliss-reactive ketones (excluding diaryl/α,β-unsaturated/α-hetero) is 1. The van der Waals surface area contributed by atoms with E-state index in [-0.39, 0.29) is 11.5 Å². The molecule has 0 fully saturated rings. The van der Waals surface area contributed by atoms with Gasteiger partial charge in [0.25, 0.3) is 0 Å². The quantitative estimate of drug-likeness (QED) is 0.511. The first kappa shape index (κ1) is 6.37. The van der Waals surface area contributed by atoms with E-state index < -0.39 is 0 Å². The van der Waals surface area contributed by atoms with Crippen LogP contribution < -0.4 is 0 Å². The molecule has 0 amide bonds. The van der Waals surface area contributed by atoms with Gasteiger partial charge in [0.15, 0.2) is 5.78 Å². The second-order valence-electron chi connectivity index (χ2n) is 0.754. The lowest BCUT2D eigenvalue weighted by molar-refractivity contribution is -0.112. The van der Waals surface area contributed by atoms with Gasteiger partial charge in [-0.05, 0) is 0 Å². The molecule has 0 rings (SSSR count). The highest BCUT2D eigenvalue weighted by atomic mass is 32.1. The van der Waals surface area contributed by atoms with Gasteiger partial charge in [0.1, 0.15) is 0 Å². The number of hydrogen-bond donors (Lipinski definition) is 2. The highest BCUT2D eigenvalue weighted by Gasteiger charge is 1.89. The van der Waals surface area contributed by atoms with Crippen LogP contribution in [-0.4, -0.2) is 11.5 Å². The van der Waals surface area contributed by atoms with Crippen LogP contribution in [0.15, 0.2) is 0 Å². The SMILES string of the molecule is O=C([CH]S)CS. The fourth-order valence-corrected chi connectivity index (χ4v) is 0.367. The van der Waals surface area contributed by atoms with Gasteiger partial charge < -0.3 is 0 Å². The summed E-state index contributed by atoms with van der Waals surface area (Å²) in [4.78, 5) is 9.97. The molecule has 0 aromatic heterocycles. The van der Waals surface area contributed by atoms with Crippen molar-refractivity contribution in [3.05, 3.63) is 5.75 Å². The number of ketones is 1. The summed E-state index contributed by atoms with van der Waals surface area (Å²) in [6.07, 6.45) is 0. The second-order valence-corrected chi connectivity index (χ2v) is 1.33. The first-order valence-electron chi connectivity index (χ1n) is 1.42. The van der Waals surface area contributed by atoms with Crippen LogP contribution in [0.3, 0.4) is 0 Å². The molecular formula is C3H5OS2. The third kappa shape index (κ3) is 2.60. The van der Waals surface area contributed by atoms with E-state index in [1.54, 1.807) is 0 Å². The zero-order chi connectivity index (χ0) is 4.99. The van der Waals surface area contributed by atoms with Gasteiger partial charge in [0.2, 0.25) is 0 Å². The molecule has 0 aliphatic rings. The lowest BCUT2D eigenvalue weighted by atomic mass is 10.5. The van der Waals surface area contributed by atoms with Gasteiger partial charge in [-0.1, -0.05) is 0 Å². The molecule has 1 radical (unpaired) electrons. The van der Waals surface area contributed by atoms with Crippen molar-refractivity contribution in [1.29, 1.82) is 0 Å². The summed E-state index contributed by atoms with van der Waals surface area (Å²) in [5, 5.41) is 0. The molecule has 0 aliphatic carbocycles. The standard InChI is InChI=1S/C3H5OS2/c4-3(1-5)2-6/h1,5-6H,2H2. The molecule has 0 unspecified atom stereocenters. The van der Waals surface area contributed by atoms with E-state index in [0.29, 0.717) is 0 Å². The molecule has 0 aromatic carbocycles. The van der Waals surface area contributed by atoms with Crippen molar-refractivity contribution >= 4 is 31.0 Å². The Morgan fingerprint density at radius 1 is 1.83 bits per heavy atom. The summed E-state index contributed by atoms with van der Waals surface area (Å²) >= 11 is 7.24. The molecule has 0 bridgehead atoms. The van der Waals surface area contributed by atoms with Crippen molar-refractivity contribution in [2.24, 2.45) is 0 Å². The first-order valence-corrected chi connectivity index (χ1v) is 2.57. The average Bonchev–Trinajstić information content (AvgIpc) is 1.65. The van der Waals surface area contributed by atoms with Crippen molar-refractivity contribution in [2.75, 3.05) is 5.75 Å². The van der Waals surface area contributed by atoms with Gasteiger partial charge in [0.05, 0.1) is 11.5 Å². The van der Waals surface area contributed by atoms with Gasteiger partial charge in [0, 0.05) is 0 Å².